The average Bonchev–Trinajstić information content (AvgIpc) is 3.33. The molecule has 67 heavy (non-hydrogen) atoms. The number of ether oxygens (including phenoxy) is 3. The summed E-state index contributed by atoms with van der Waals surface area (Å²) in [7, 11) is 0. The van der Waals surface area contributed by atoms with Gasteiger partial charge >= 0.3 is 17.9 Å². The van der Waals surface area contributed by atoms with Gasteiger partial charge in [-0.25, -0.2) is 0 Å². The van der Waals surface area contributed by atoms with Gasteiger partial charge in [-0.2, -0.15) is 0 Å². The number of hydrogen-bond acceptors (Lipinski definition) is 6. The Morgan fingerprint density at radius 1 is 0.313 bits per heavy atom. The van der Waals surface area contributed by atoms with Crippen molar-refractivity contribution in [3.8, 4) is 0 Å². The summed E-state index contributed by atoms with van der Waals surface area (Å²) >= 11 is 0. The zero-order chi connectivity index (χ0) is 48.6. The molecule has 0 saturated heterocycles. The molecule has 0 heterocycles. The van der Waals surface area contributed by atoms with E-state index in [1.54, 1.807) is 0 Å². The summed E-state index contributed by atoms with van der Waals surface area (Å²) in [5.74, 6) is -0.934. The SMILES string of the molecule is CC/C=C\C/C=C\C/C=C\C/C=C\C/C=C\C/C=C\C/C=C\C/C=C\CCCCCCC(=O)OCC(COC(=O)CCCCCCCCCC)OC(=O)CCCCCCC/C=C\CCCCC. The summed E-state index contributed by atoms with van der Waals surface area (Å²) in [5, 5.41) is 0. The first kappa shape index (κ1) is 63.1. The van der Waals surface area contributed by atoms with E-state index in [2.05, 4.69) is 130 Å². The minimum absolute atomic E-state index is 0.0897. The summed E-state index contributed by atoms with van der Waals surface area (Å²) in [6.07, 6.45) is 73.8. The second-order valence-corrected chi connectivity index (χ2v) is 17.8. The highest BCUT2D eigenvalue weighted by Gasteiger charge is 2.19. The van der Waals surface area contributed by atoms with Crippen LogP contribution < -0.4 is 0 Å². The lowest BCUT2D eigenvalue weighted by atomic mass is 10.1. The largest absolute Gasteiger partial charge is 0.462 e. The standard InChI is InChI=1S/C61H100O6/c1-4-7-10-13-16-19-21-23-24-25-26-27-28-29-30-31-32-33-34-35-36-37-38-39-41-42-45-48-51-54-60(63)66-57-58(56-65-59(62)53-50-47-44-18-15-12-9-6-3)67-61(64)55-52-49-46-43-40-22-20-17-14-11-8-5-2/h7,10,16-17,19-20,23-24,26-27,29-30,32-33,35-36,38-39,58H,4-6,8-9,11-15,18,21-22,25,28,31,34,37,40-57H2,1-3H3/b10-7-,19-16-,20-17-,24-23-,27-26-,30-29-,33-32-,36-35-,39-38-. The van der Waals surface area contributed by atoms with Gasteiger partial charge in [0, 0.05) is 19.3 Å². The minimum Gasteiger partial charge on any atom is -0.462 e. The van der Waals surface area contributed by atoms with Crippen LogP contribution in [0, 0.1) is 0 Å². The molecule has 0 aliphatic carbocycles. The van der Waals surface area contributed by atoms with E-state index < -0.39 is 6.10 Å². The lowest BCUT2D eigenvalue weighted by Gasteiger charge is -2.18. The van der Waals surface area contributed by atoms with Gasteiger partial charge in [-0.15, -0.1) is 0 Å². The van der Waals surface area contributed by atoms with Crippen molar-refractivity contribution in [2.75, 3.05) is 13.2 Å². The first-order valence-electron chi connectivity index (χ1n) is 27.4. The van der Waals surface area contributed by atoms with E-state index in [-0.39, 0.29) is 31.1 Å². The number of rotatable bonds is 48. The van der Waals surface area contributed by atoms with Crippen LogP contribution in [-0.2, 0) is 28.6 Å². The Balaban J connectivity index is 4.26. The number of hydrogen-bond donors (Lipinski definition) is 0. The Bertz CT molecular complexity index is 1390. The predicted octanol–water partition coefficient (Wildman–Crippen LogP) is 18.3. The molecule has 6 heteroatoms. The van der Waals surface area contributed by atoms with E-state index in [1.165, 1.54) is 64.2 Å². The minimum atomic E-state index is -0.790. The molecule has 1 atom stereocenters. The average molecular weight is 929 g/mol. The first-order valence-corrected chi connectivity index (χ1v) is 27.4. The summed E-state index contributed by atoms with van der Waals surface area (Å²) < 4.78 is 16.7. The van der Waals surface area contributed by atoms with Gasteiger partial charge in [-0.1, -0.05) is 220 Å². The van der Waals surface area contributed by atoms with E-state index in [1.807, 2.05) is 0 Å². The topological polar surface area (TPSA) is 78.9 Å². The molecule has 0 aromatic rings. The Labute approximate surface area is 412 Å². The maximum absolute atomic E-state index is 12.7. The van der Waals surface area contributed by atoms with Crippen molar-refractivity contribution in [2.24, 2.45) is 0 Å². The van der Waals surface area contributed by atoms with Gasteiger partial charge in [0.15, 0.2) is 6.10 Å². The van der Waals surface area contributed by atoms with Crippen LogP contribution in [0.4, 0.5) is 0 Å². The van der Waals surface area contributed by atoms with Gasteiger partial charge in [0.1, 0.15) is 13.2 Å². The molecule has 0 radical (unpaired) electrons. The Morgan fingerprint density at radius 2 is 0.582 bits per heavy atom. The van der Waals surface area contributed by atoms with E-state index in [0.29, 0.717) is 19.3 Å². The third kappa shape index (κ3) is 52.9. The van der Waals surface area contributed by atoms with Crippen LogP contribution in [0.25, 0.3) is 0 Å². The van der Waals surface area contributed by atoms with Crippen LogP contribution >= 0.6 is 0 Å². The third-order valence-electron chi connectivity index (χ3n) is 11.3. The molecule has 0 N–H and O–H groups in total. The number of allylic oxidation sites excluding steroid dienone is 18. The molecule has 0 aromatic heterocycles. The van der Waals surface area contributed by atoms with E-state index >= 15 is 0 Å². The van der Waals surface area contributed by atoms with Crippen LogP contribution in [0.1, 0.15) is 239 Å². The molecule has 6 nitrogen and oxygen atoms in total. The molecule has 0 amide bonds. The highest BCUT2D eigenvalue weighted by Crippen LogP contribution is 2.13. The van der Waals surface area contributed by atoms with Crippen LogP contribution in [0.2, 0.25) is 0 Å². The molecular weight excluding hydrogens is 829 g/mol. The Morgan fingerprint density at radius 3 is 0.955 bits per heavy atom. The molecule has 0 fully saturated rings. The van der Waals surface area contributed by atoms with Crippen LogP contribution in [-0.4, -0.2) is 37.2 Å². The number of carbonyl (C=O) groups is 3. The Kier molecular flexibility index (Phi) is 51.5. The smallest absolute Gasteiger partial charge is 0.306 e. The van der Waals surface area contributed by atoms with Crippen molar-refractivity contribution < 1.29 is 28.6 Å². The van der Waals surface area contributed by atoms with Gasteiger partial charge in [0.25, 0.3) is 0 Å². The van der Waals surface area contributed by atoms with Crippen molar-refractivity contribution in [3.05, 3.63) is 109 Å². The van der Waals surface area contributed by atoms with Gasteiger partial charge in [-0.3, -0.25) is 14.4 Å². The normalized spacial score (nSPS) is 12.9. The maximum Gasteiger partial charge on any atom is 0.306 e. The number of carbonyl (C=O) groups excluding carboxylic acids is 3. The molecule has 0 aromatic carbocycles. The fraction of sp³-hybridized carbons (Fsp3) is 0.656. The van der Waals surface area contributed by atoms with Gasteiger partial charge in [0.2, 0.25) is 0 Å². The highest BCUT2D eigenvalue weighted by atomic mass is 16.6. The molecule has 0 bridgehead atoms. The van der Waals surface area contributed by atoms with Crippen molar-refractivity contribution in [3.63, 3.8) is 0 Å². The zero-order valence-corrected chi connectivity index (χ0v) is 43.4. The van der Waals surface area contributed by atoms with Crippen molar-refractivity contribution in [2.45, 2.75) is 245 Å². The fourth-order valence-electron chi connectivity index (χ4n) is 7.16. The number of esters is 3. The fourth-order valence-corrected chi connectivity index (χ4v) is 7.16. The summed E-state index contributed by atoms with van der Waals surface area (Å²) in [6.45, 7) is 6.43. The molecule has 0 aliphatic heterocycles. The second-order valence-electron chi connectivity index (χ2n) is 17.8. The van der Waals surface area contributed by atoms with Crippen LogP contribution in [0.5, 0.6) is 0 Å². The summed E-state index contributed by atoms with van der Waals surface area (Å²) in [5.41, 5.74) is 0. The van der Waals surface area contributed by atoms with Gasteiger partial charge < -0.3 is 14.2 Å². The lowest BCUT2D eigenvalue weighted by molar-refractivity contribution is -0.167. The summed E-state index contributed by atoms with van der Waals surface area (Å²) in [4.78, 5) is 37.8. The van der Waals surface area contributed by atoms with Crippen molar-refractivity contribution in [1.29, 1.82) is 0 Å². The Hall–Kier alpha value is -3.93. The zero-order valence-electron chi connectivity index (χ0n) is 43.4. The molecule has 0 rings (SSSR count). The summed E-state index contributed by atoms with van der Waals surface area (Å²) in [6, 6.07) is 0. The highest BCUT2D eigenvalue weighted by molar-refractivity contribution is 5.71. The van der Waals surface area contributed by atoms with E-state index in [4.69, 9.17) is 14.2 Å². The van der Waals surface area contributed by atoms with Crippen molar-refractivity contribution in [1.82, 2.24) is 0 Å². The molecule has 0 aliphatic rings. The molecule has 0 spiro atoms. The lowest BCUT2D eigenvalue weighted by Crippen LogP contribution is -2.30. The van der Waals surface area contributed by atoms with Gasteiger partial charge in [0.05, 0.1) is 0 Å². The van der Waals surface area contributed by atoms with E-state index in [9.17, 15) is 14.4 Å². The first-order chi connectivity index (χ1) is 33.0. The van der Waals surface area contributed by atoms with Crippen LogP contribution in [0.15, 0.2) is 109 Å². The third-order valence-corrected chi connectivity index (χ3v) is 11.3. The maximum atomic E-state index is 12.7. The molecule has 1 unspecified atom stereocenters. The van der Waals surface area contributed by atoms with Crippen LogP contribution in [0.3, 0.4) is 0 Å². The quantitative estimate of drug-likeness (QED) is 0.0262. The second kappa shape index (κ2) is 54.7. The van der Waals surface area contributed by atoms with Gasteiger partial charge in [-0.05, 0) is 109 Å². The number of unbranched alkanes of at least 4 members (excludes halogenated alkanes) is 19. The monoisotopic (exact) mass is 929 g/mol. The molecule has 380 valence electrons. The van der Waals surface area contributed by atoms with E-state index in [0.717, 1.165) is 135 Å². The molecular formula is C61H100O6. The van der Waals surface area contributed by atoms with Crippen molar-refractivity contribution >= 4 is 17.9 Å². The molecule has 0 saturated carbocycles. The predicted molar refractivity (Wildman–Crippen MR) is 288 cm³/mol.